The zero-order chi connectivity index (χ0) is 26.1. The van der Waals surface area contributed by atoms with Crippen LogP contribution in [0, 0.1) is 23.2 Å². The Labute approximate surface area is 220 Å². The van der Waals surface area contributed by atoms with Crippen LogP contribution in [0.1, 0.15) is 74.5 Å². The third kappa shape index (κ3) is 3.90. The van der Waals surface area contributed by atoms with Gasteiger partial charge in [0, 0.05) is 11.3 Å². The number of benzene rings is 2. The predicted molar refractivity (Wildman–Crippen MR) is 135 cm³/mol. The van der Waals surface area contributed by atoms with Gasteiger partial charge in [-0.3, -0.25) is 0 Å². The number of hydrazone groups is 1. The van der Waals surface area contributed by atoms with E-state index < -0.39 is 18.3 Å². The number of amidine groups is 1. The molecule has 4 bridgehead atoms. The second kappa shape index (κ2) is 8.75. The Hall–Kier alpha value is -3.03. The van der Waals surface area contributed by atoms with Crippen molar-refractivity contribution in [3.05, 3.63) is 71.8 Å². The maximum atomic E-state index is 13.3. The Bertz CT molecular complexity index is 1200. The van der Waals surface area contributed by atoms with Crippen molar-refractivity contribution in [2.45, 2.75) is 75.7 Å². The highest BCUT2D eigenvalue weighted by atomic mass is 19.4. The number of fused-ring (bicyclic) bond motifs is 1. The molecule has 0 spiro atoms. The number of halogens is 3. The van der Waals surface area contributed by atoms with Gasteiger partial charge in [-0.1, -0.05) is 65.8 Å². The summed E-state index contributed by atoms with van der Waals surface area (Å²) in [5.74, 6) is 0.671. The minimum Gasteiger partial charge on any atom is -0.325 e. The number of carbonyl (C=O) groups excluding carboxylic acids is 1. The van der Waals surface area contributed by atoms with Gasteiger partial charge in [-0.25, -0.2) is 4.79 Å². The van der Waals surface area contributed by atoms with Crippen LogP contribution in [-0.2, 0) is 9.63 Å². The lowest BCUT2D eigenvalue weighted by Crippen LogP contribution is -2.57. The third-order valence-electron chi connectivity index (χ3n) is 9.72. The van der Waals surface area contributed by atoms with Crippen LogP contribution in [0.15, 0.2) is 65.8 Å². The summed E-state index contributed by atoms with van der Waals surface area (Å²) in [5.41, 5.74) is 2.13. The third-order valence-corrected chi connectivity index (χ3v) is 9.72. The van der Waals surface area contributed by atoms with Crippen molar-refractivity contribution < 1.29 is 22.8 Å². The molecule has 8 rings (SSSR count). The monoisotopic (exact) mass is 523 g/mol. The molecule has 4 saturated carbocycles. The molecule has 6 aliphatic rings. The highest BCUT2D eigenvalue weighted by Gasteiger charge is 2.60. The largest absolute Gasteiger partial charge is 0.493 e. The molecule has 2 heterocycles. The predicted octanol–water partition coefficient (Wildman–Crippen LogP) is 6.80. The van der Waals surface area contributed by atoms with Gasteiger partial charge in [0.05, 0.1) is 6.04 Å². The van der Waals surface area contributed by atoms with Gasteiger partial charge in [-0.2, -0.15) is 13.2 Å². The van der Waals surface area contributed by atoms with E-state index in [0.29, 0.717) is 24.2 Å². The number of hydrogen-bond donors (Lipinski definition) is 0. The van der Waals surface area contributed by atoms with Crippen molar-refractivity contribution in [3.63, 3.8) is 0 Å². The van der Waals surface area contributed by atoms with Crippen LogP contribution in [0.25, 0.3) is 0 Å². The van der Waals surface area contributed by atoms with Crippen molar-refractivity contribution >= 4 is 11.8 Å². The summed E-state index contributed by atoms with van der Waals surface area (Å²) in [5, 5.41) is 5.81. The van der Waals surface area contributed by atoms with Gasteiger partial charge < -0.3 is 9.74 Å². The van der Waals surface area contributed by atoms with Crippen molar-refractivity contribution in [2.75, 3.05) is 0 Å². The maximum absolute atomic E-state index is 13.3. The first-order chi connectivity index (χ1) is 18.3. The average Bonchev–Trinajstić information content (AvgIpc) is 3.27. The minimum atomic E-state index is -5.08. The molecule has 5 nitrogen and oxygen atoms in total. The molecular weight excluding hydrogens is 491 g/mol. The van der Waals surface area contributed by atoms with E-state index in [9.17, 15) is 18.0 Å². The Morgan fingerprint density at radius 3 is 1.95 bits per heavy atom. The first-order valence-electron chi connectivity index (χ1n) is 13.9. The van der Waals surface area contributed by atoms with Crippen LogP contribution in [0.3, 0.4) is 0 Å². The van der Waals surface area contributed by atoms with Crippen LogP contribution in [-0.4, -0.2) is 34.2 Å². The fourth-order valence-electron chi connectivity index (χ4n) is 8.78. The molecule has 3 unspecified atom stereocenters. The standard InChI is InChI=1S/C30H32F3N3O2/c31-30(32,33)28(37)38-36-25-12-11-24(22-7-3-1-4-8-22)26(23-9-5-2-6-10-23)35(25)27(34-36)29-16-19-13-20(17-29)15-21(14-19)18-29/h1-10,19-21,24-26H,11-18H2. The molecule has 200 valence electrons. The number of nitrogens with zero attached hydrogens (tertiary/aromatic N) is 3. The summed E-state index contributed by atoms with van der Waals surface area (Å²) in [4.78, 5) is 19.3. The highest BCUT2D eigenvalue weighted by molar-refractivity contribution is 5.90. The number of hydrogen-bond acceptors (Lipinski definition) is 5. The van der Waals surface area contributed by atoms with E-state index in [1.54, 1.807) is 0 Å². The lowest BCUT2D eigenvalue weighted by molar-refractivity contribution is -0.253. The topological polar surface area (TPSA) is 45.1 Å². The van der Waals surface area contributed by atoms with Crippen molar-refractivity contribution in [1.29, 1.82) is 0 Å². The van der Waals surface area contributed by atoms with Gasteiger partial charge in [0.2, 0.25) is 0 Å². The Kier molecular flexibility index (Phi) is 5.53. The van der Waals surface area contributed by atoms with Crippen LogP contribution in [0.5, 0.6) is 0 Å². The molecule has 1 saturated heterocycles. The average molecular weight is 524 g/mol. The van der Waals surface area contributed by atoms with E-state index >= 15 is 0 Å². The summed E-state index contributed by atoms with van der Waals surface area (Å²) >= 11 is 0. The van der Waals surface area contributed by atoms with Gasteiger partial charge in [-0.05, 0) is 80.2 Å². The molecule has 0 radical (unpaired) electrons. The van der Waals surface area contributed by atoms with Gasteiger partial charge in [0.1, 0.15) is 5.84 Å². The zero-order valence-electron chi connectivity index (χ0n) is 21.2. The second-order valence-electron chi connectivity index (χ2n) is 12.1. The summed E-state index contributed by atoms with van der Waals surface area (Å²) in [6, 6.07) is 20.5. The van der Waals surface area contributed by atoms with E-state index in [2.05, 4.69) is 29.2 Å². The van der Waals surface area contributed by atoms with Gasteiger partial charge >= 0.3 is 12.1 Å². The maximum Gasteiger partial charge on any atom is 0.493 e. The lowest BCUT2D eigenvalue weighted by Gasteiger charge is -2.58. The van der Waals surface area contributed by atoms with E-state index in [1.165, 1.54) is 24.8 Å². The van der Waals surface area contributed by atoms with Gasteiger partial charge in [0.25, 0.3) is 0 Å². The number of alkyl halides is 3. The number of rotatable bonds is 4. The molecule has 2 aromatic carbocycles. The molecular formula is C30H32F3N3O2. The van der Waals surface area contributed by atoms with Gasteiger partial charge in [-0.15, -0.1) is 5.10 Å². The number of carbonyl (C=O) groups is 1. The normalized spacial score (nSPS) is 35.7. The van der Waals surface area contributed by atoms with E-state index in [1.807, 2.05) is 36.4 Å². The molecule has 8 heteroatoms. The first kappa shape index (κ1) is 24.0. The zero-order valence-corrected chi connectivity index (χ0v) is 21.2. The molecule has 2 aromatic rings. The van der Waals surface area contributed by atoms with Crippen LogP contribution >= 0.6 is 0 Å². The molecule has 4 aliphatic carbocycles. The lowest BCUT2D eigenvalue weighted by atomic mass is 9.49. The first-order valence-corrected chi connectivity index (χ1v) is 13.9. The molecule has 0 N–H and O–H groups in total. The molecule has 0 amide bonds. The number of hydroxylamine groups is 1. The Morgan fingerprint density at radius 2 is 1.39 bits per heavy atom. The summed E-state index contributed by atoms with van der Waals surface area (Å²) in [6.45, 7) is 0. The SMILES string of the molecule is O=C(ON1N=C(C23CC4CC(CC(C4)C2)C3)N2C(c3ccccc3)C(c3ccccc3)CCC12)C(F)(F)F. The summed E-state index contributed by atoms with van der Waals surface area (Å²) < 4.78 is 39.9. The smallest absolute Gasteiger partial charge is 0.325 e. The van der Waals surface area contributed by atoms with Crippen LogP contribution in [0.4, 0.5) is 13.2 Å². The highest BCUT2D eigenvalue weighted by Crippen LogP contribution is 2.63. The Balaban J connectivity index is 1.34. The summed E-state index contributed by atoms with van der Waals surface area (Å²) in [7, 11) is 0. The van der Waals surface area contributed by atoms with E-state index in [4.69, 9.17) is 9.94 Å². The molecule has 3 atom stereocenters. The van der Waals surface area contributed by atoms with Crippen LogP contribution in [0.2, 0.25) is 0 Å². The van der Waals surface area contributed by atoms with Crippen LogP contribution < -0.4 is 0 Å². The van der Waals surface area contributed by atoms with Crippen molar-refractivity contribution in [1.82, 2.24) is 10.1 Å². The second-order valence-corrected chi connectivity index (χ2v) is 12.1. The summed E-state index contributed by atoms with van der Waals surface area (Å²) in [6.07, 6.45) is 2.44. The van der Waals surface area contributed by atoms with Crippen molar-refractivity contribution in [3.8, 4) is 0 Å². The van der Waals surface area contributed by atoms with Crippen molar-refractivity contribution in [2.24, 2.45) is 28.3 Å². The quantitative estimate of drug-likeness (QED) is 0.442. The van der Waals surface area contributed by atoms with E-state index in [-0.39, 0.29) is 17.4 Å². The fraction of sp³-hybridized carbons (Fsp3) is 0.533. The fourth-order valence-corrected chi connectivity index (χ4v) is 8.78. The van der Waals surface area contributed by atoms with E-state index in [0.717, 1.165) is 42.3 Å². The Morgan fingerprint density at radius 1 is 0.842 bits per heavy atom. The molecule has 2 aliphatic heterocycles. The molecule has 5 fully saturated rings. The molecule has 38 heavy (non-hydrogen) atoms. The van der Waals surface area contributed by atoms with Gasteiger partial charge in [0.15, 0.2) is 6.17 Å². The molecule has 0 aromatic heterocycles. The number of piperidine rings is 1. The minimum absolute atomic E-state index is 0.126.